The number of amides is 2. The molecule has 2 amide bonds. The Morgan fingerprint density at radius 2 is 1.69 bits per heavy atom. The Morgan fingerprint density at radius 3 is 2.20 bits per heavy atom. The molecule has 1 aliphatic heterocycles. The van der Waals surface area contributed by atoms with Crippen LogP contribution < -0.4 is 22.1 Å². The third-order valence-electron chi connectivity index (χ3n) is 5.80. The quantitative estimate of drug-likeness (QED) is 0.206. The molecule has 0 saturated carbocycles. The minimum absolute atomic E-state index is 0.0187. The fourth-order valence-corrected chi connectivity index (χ4v) is 3.63. The van der Waals surface area contributed by atoms with Gasteiger partial charge in [0.15, 0.2) is 11.7 Å². The van der Waals surface area contributed by atoms with E-state index in [2.05, 4.69) is 15.6 Å². The molecular weight excluding hydrogens is 471 g/mol. The second kappa shape index (κ2) is 15.9. The Kier molecular flexibility index (Phi) is 14.6. The van der Waals surface area contributed by atoms with Crippen LogP contribution in [-0.2, 0) is 19.2 Å². The first-order valence-electron chi connectivity index (χ1n) is 11.8. The van der Waals surface area contributed by atoms with Gasteiger partial charge in [0.1, 0.15) is 0 Å². The van der Waals surface area contributed by atoms with E-state index in [1.807, 2.05) is 13.8 Å². The number of alkyl halides is 3. The van der Waals surface area contributed by atoms with Crippen LogP contribution in [0.3, 0.4) is 0 Å². The number of aliphatic imine (C=N–C) groups is 1. The maximum absolute atomic E-state index is 13.1. The van der Waals surface area contributed by atoms with E-state index >= 15 is 0 Å². The number of Topliss-reactive ketones (excluding diaryl/α,β-unsaturated/α-hetero) is 1. The summed E-state index contributed by atoms with van der Waals surface area (Å²) in [6, 6.07) is 0. The van der Waals surface area contributed by atoms with Gasteiger partial charge in [0, 0.05) is 31.8 Å². The van der Waals surface area contributed by atoms with E-state index < -0.39 is 23.6 Å². The largest absolute Gasteiger partial charge is 0.490 e. The Labute approximate surface area is 203 Å². The van der Waals surface area contributed by atoms with E-state index in [9.17, 15) is 27.6 Å². The SMILES string of the molecule is CCC1(CC)NC(=O)CCCCCCNC(=O)[C@H](CCCN=C(N)N)CC1=O.O=C(O)C(F)(F)F. The molecule has 0 aromatic heterocycles. The lowest BCUT2D eigenvalue weighted by molar-refractivity contribution is -0.192. The van der Waals surface area contributed by atoms with Crippen molar-refractivity contribution in [3.63, 3.8) is 0 Å². The molecule has 0 aliphatic carbocycles. The monoisotopic (exact) mass is 509 g/mol. The molecule has 13 heteroatoms. The molecule has 7 N–H and O–H groups in total. The number of carbonyl (C=O) groups excluding carboxylic acids is 3. The molecule has 0 aromatic carbocycles. The van der Waals surface area contributed by atoms with Gasteiger partial charge in [-0.3, -0.25) is 19.4 Å². The number of ketones is 1. The maximum atomic E-state index is 13.1. The summed E-state index contributed by atoms with van der Waals surface area (Å²) in [6.07, 6.45) is 1.18. The molecule has 1 saturated heterocycles. The summed E-state index contributed by atoms with van der Waals surface area (Å²) in [5.74, 6) is -3.45. The van der Waals surface area contributed by atoms with E-state index in [4.69, 9.17) is 21.4 Å². The summed E-state index contributed by atoms with van der Waals surface area (Å²) >= 11 is 0. The molecule has 0 aromatic rings. The summed E-state index contributed by atoms with van der Waals surface area (Å²) in [5, 5.41) is 13.1. The summed E-state index contributed by atoms with van der Waals surface area (Å²) < 4.78 is 31.7. The second-order valence-corrected chi connectivity index (χ2v) is 8.37. The van der Waals surface area contributed by atoms with Gasteiger partial charge < -0.3 is 27.2 Å². The van der Waals surface area contributed by atoms with Crippen LogP contribution in [0.2, 0.25) is 0 Å². The smallest absolute Gasteiger partial charge is 0.475 e. The molecule has 0 unspecified atom stereocenters. The van der Waals surface area contributed by atoms with Crippen LogP contribution in [-0.4, -0.2) is 59.4 Å². The number of nitrogens with two attached hydrogens (primary N) is 2. The average molecular weight is 510 g/mol. The lowest BCUT2D eigenvalue weighted by Gasteiger charge is -2.33. The molecule has 0 bridgehead atoms. The molecule has 1 atom stereocenters. The van der Waals surface area contributed by atoms with E-state index in [1.54, 1.807) is 0 Å². The second-order valence-electron chi connectivity index (χ2n) is 8.37. The summed E-state index contributed by atoms with van der Waals surface area (Å²) in [5.41, 5.74) is 9.78. The van der Waals surface area contributed by atoms with Gasteiger partial charge in [-0.15, -0.1) is 0 Å². The molecule has 1 heterocycles. The first-order chi connectivity index (χ1) is 16.3. The van der Waals surface area contributed by atoms with Crippen molar-refractivity contribution in [2.45, 2.75) is 89.8 Å². The van der Waals surface area contributed by atoms with Crippen molar-refractivity contribution >= 4 is 29.5 Å². The van der Waals surface area contributed by atoms with Crippen molar-refractivity contribution in [3.8, 4) is 0 Å². The van der Waals surface area contributed by atoms with Crippen LogP contribution >= 0.6 is 0 Å². The number of guanidine groups is 1. The number of hydrogen-bond acceptors (Lipinski definition) is 5. The number of carboxylic acids is 1. The predicted molar refractivity (Wildman–Crippen MR) is 124 cm³/mol. The van der Waals surface area contributed by atoms with Crippen molar-refractivity contribution in [2.24, 2.45) is 22.4 Å². The van der Waals surface area contributed by atoms with Gasteiger partial charge in [0.2, 0.25) is 11.8 Å². The Morgan fingerprint density at radius 1 is 1.11 bits per heavy atom. The van der Waals surface area contributed by atoms with Gasteiger partial charge in [-0.25, -0.2) is 4.79 Å². The van der Waals surface area contributed by atoms with Gasteiger partial charge in [-0.2, -0.15) is 13.2 Å². The predicted octanol–water partition coefficient (Wildman–Crippen LogP) is 2.00. The highest BCUT2D eigenvalue weighted by atomic mass is 19.4. The Bertz CT molecular complexity index is 735. The number of aliphatic carboxylic acids is 1. The van der Waals surface area contributed by atoms with E-state index in [0.717, 1.165) is 25.7 Å². The first-order valence-corrected chi connectivity index (χ1v) is 11.8. The van der Waals surface area contributed by atoms with Crippen LogP contribution in [0.5, 0.6) is 0 Å². The zero-order chi connectivity index (χ0) is 27.1. The van der Waals surface area contributed by atoms with E-state index in [-0.39, 0.29) is 30.0 Å². The fourth-order valence-electron chi connectivity index (χ4n) is 3.63. The molecule has 202 valence electrons. The van der Waals surface area contributed by atoms with Crippen molar-refractivity contribution in [1.82, 2.24) is 10.6 Å². The molecule has 1 rings (SSSR count). The number of hydrogen-bond donors (Lipinski definition) is 5. The minimum Gasteiger partial charge on any atom is -0.475 e. The van der Waals surface area contributed by atoms with Gasteiger partial charge >= 0.3 is 12.1 Å². The Hall–Kier alpha value is -2.86. The topological polar surface area (TPSA) is 177 Å². The van der Waals surface area contributed by atoms with Crippen LogP contribution in [0.4, 0.5) is 13.2 Å². The molecule has 35 heavy (non-hydrogen) atoms. The average Bonchev–Trinajstić information content (AvgIpc) is 2.77. The van der Waals surface area contributed by atoms with Crippen LogP contribution in [0.25, 0.3) is 0 Å². The third-order valence-corrected chi connectivity index (χ3v) is 5.80. The van der Waals surface area contributed by atoms with Gasteiger partial charge in [-0.05, 0) is 38.5 Å². The summed E-state index contributed by atoms with van der Waals surface area (Å²) in [4.78, 5) is 51.0. The van der Waals surface area contributed by atoms with Crippen molar-refractivity contribution in [2.75, 3.05) is 13.1 Å². The van der Waals surface area contributed by atoms with Crippen LogP contribution in [0, 0.1) is 5.92 Å². The first kappa shape index (κ1) is 32.1. The highest BCUT2D eigenvalue weighted by molar-refractivity contribution is 5.95. The summed E-state index contributed by atoms with van der Waals surface area (Å²) in [6.45, 7) is 4.82. The fraction of sp³-hybridized carbons (Fsp3) is 0.773. The van der Waals surface area contributed by atoms with Gasteiger partial charge in [0.05, 0.1) is 5.54 Å². The van der Waals surface area contributed by atoms with Gasteiger partial charge in [0.25, 0.3) is 0 Å². The van der Waals surface area contributed by atoms with E-state index in [1.165, 1.54) is 0 Å². The lowest BCUT2D eigenvalue weighted by atomic mass is 9.81. The van der Waals surface area contributed by atoms with Gasteiger partial charge in [-0.1, -0.05) is 26.7 Å². The highest BCUT2D eigenvalue weighted by Crippen LogP contribution is 2.24. The molecule has 1 fully saturated rings. The molecule has 1 aliphatic rings. The zero-order valence-electron chi connectivity index (χ0n) is 20.4. The van der Waals surface area contributed by atoms with Crippen LogP contribution in [0.1, 0.15) is 78.1 Å². The molecule has 0 radical (unpaired) electrons. The van der Waals surface area contributed by atoms with Crippen molar-refractivity contribution in [1.29, 1.82) is 0 Å². The van der Waals surface area contributed by atoms with Crippen molar-refractivity contribution < 1.29 is 37.5 Å². The van der Waals surface area contributed by atoms with Crippen LogP contribution in [0.15, 0.2) is 4.99 Å². The number of halogens is 3. The standard InChI is InChI=1S/C20H37N5O3.C2HF3O2/c1-3-20(4-2)16(26)14-15(10-9-13-24-19(21)22)18(28)23-12-8-6-5-7-11-17(27)25-20;3-2(4,5)1(6)7/h15H,3-14H2,1-2H3,(H,23,28)(H,25,27)(H4,21,22,24);(H,6,7)/t15-;/m1./s1. The van der Waals surface area contributed by atoms with E-state index in [0.29, 0.717) is 45.2 Å². The third kappa shape index (κ3) is 13.0. The Balaban J connectivity index is 0.00000143. The number of nitrogens with zero attached hydrogens (tertiary/aromatic N) is 1. The molecule has 10 nitrogen and oxygen atoms in total. The van der Waals surface area contributed by atoms with Crippen molar-refractivity contribution in [3.05, 3.63) is 0 Å². The number of nitrogens with one attached hydrogen (secondary N) is 2. The zero-order valence-corrected chi connectivity index (χ0v) is 20.4. The number of rotatable bonds is 6. The maximum Gasteiger partial charge on any atom is 0.490 e. The normalized spacial score (nSPS) is 19.8. The summed E-state index contributed by atoms with van der Waals surface area (Å²) in [7, 11) is 0. The molecular formula is C22H38F3N5O5. The number of carboxylic acid groups (broad SMARTS) is 1. The lowest BCUT2D eigenvalue weighted by Crippen LogP contribution is -2.54. The highest BCUT2D eigenvalue weighted by Gasteiger charge is 2.39. The number of carbonyl (C=O) groups is 4. The molecule has 0 spiro atoms. The minimum atomic E-state index is -5.08.